The van der Waals surface area contributed by atoms with Crippen LogP contribution in [0.1, 0.15) is 0 Å². The second-order valence-electron chi connectivity index (χ2n) is 4.92. The molecule has 0 saturated carbocycles. The lowest BCUT2D eigenvalue weighted by Gasteiger charge is -2.12. The highest BCUT2D eigenvalue weighted by Gasteiger charge is 2.13. The third-order valence-electron chi connectivity index (χ3n) is 3.11. The zero-order valence-corrected chi connectivity index (χ0v) is 13.4. The van der Waals surface area contributed by atoms with Gasteiger partial charge in [-0.2, -0.15) is 4.68 Å². The number of hydrogen-bond acceptors (Lipinski definition) is 6. The van der Waals surface area contributed by atoms with E-state index in [1.165, 1.54) is 23.9 Å². The minimum atomic E-state index is -0.782. The molecule has 0 aliphatic heterocycles. The first-order valence-corrected chi connectivity index (χ1v) is 8.24. The Morgan fingerprint density at radius 3 is 2.67 bits per heavy atom. The molecule has 24 heavy (non-hydrogen) atoms. The van der Waals surface area contributed by atoms with Gasteiger partial charge in [-0.05, 0) is 34.7 Å². The molecule has 8 heteroatoms. The van der Waals surface area contributed by atoms with Gasteiger partial charge < -0.3 is 9.84 Å². The van der Waals surface area contributed by atoms with Gasteiger partial charge in [-0.15, -0.1) is 5.10 Å². The molecule has 0 aliphatic rings. The highest BCUT2D eigenvalue weighted by Crippen LogP contribution is 2.20. The Hall–Kier alpha value is -2.45. The Morgan fingerprint density at radius 1 is 1.12 bits per heavy atom. The number of aliphatic hydroxyl groups excluding tert-OH is 1. The molecule has 1 N–H and O–H groups in total. The third-order valence-corrected chi connectivity index (χ3v) is 4.18. The lowest BCUT2D eigenvalue weighted by molar-refractivity contribution is 0.123. The first kappa shape index (κ1) is 16.4. The number of rotatable bonds is 7. The number of hydrogen-bond donors (Lipinski definition) is 1. The van der Waals surface area contributed by atoms with Crippen molar-refractivity contribution in [3.8, 4) is 11.4 Å². The minimum Gasteiger partial charge on any atom is -0.488 e. The maximum atomic E-state index is 13.4. The van der Waals surface area contributed by atoms with Crippen LogP contribution in [-0.4, -0.2) is 43.8 Å². The molecule has 1 heterocycles. The van der Waals surface area contributed by atoms with Crippen LogP contribution in [0.4, 0.5) is 4.39 Å². The molecule has 0 saturated heterocycles. The van der Waals surface area contributed by atoms with E-state index in [1.807, 2.05) is 30.3 Å². The molecule has 124 valence electrons. The second kappa shape index (κ2) is 7.89. The maximum Gasteiger partial charge on any atom is 0.214 e. The van der Waals surface area contributed by atoms with Gasteiger partial charge in [-0.25, -0.2) is 4.39 Å². The molecule has 0 amide bonds. The van der Waals surface area contributed by atoms with Gasteiger partial charge in [-0.1, -0.05) is 42.1 Å². The van der Waals surface area contributed by atoms with Crippen molar-refractivity contribution in [1.29, 1.82) is 0 Å². The Kier molecular flexibility index (Phi) is 5.39. The number of aliphatic hydroxyl groups is 1. The zero-order valence-electron chi connectivity index (χ0n) is 12.6. The van der Waals surface area contributed by atoms with Crippen LogP contribution >= 0.6 is 11.8 Å². The van der Waals surface area contributed by atoms with E-state index in [4.69, 9.17) is 4.74 Å². The number of halogens is 1. The van der Waals surface area contributed by atoms with Crippen molar-refractivity contribution in [3.63, 3.8) is 0 Å². The first-order chi connectivity index (χ1) is 11.7. The summed E-state index contributed by atoms with van der Waals surface area (Å²) in [5.74, 6) is -0.0113. The predicted octanol–water partition coefficient (Wildman–Crippen LogP) is 2.33. The number of tetrazole rings is 1. The third kappa shape index (κ3) is 4.09. The SMILES string of the molecule is O[C@@H](COc1ccccc1F)CSc1nnnn1-c1ccccc1. The number of benzene rings is 2. The predicted molar refractivity (Wildman–Crippen MR) is 87.8 cm³/mol. The van der Waals surface area contributed by atoms with Crippen molar-refractivity contribution < 1.29 is 14.2 Å². The van der Waals surface area contributed by atoms with Gasteiger partial charge in [0.2, 0.25) is 5.16 Å². The van der Waals surface area contributed by atoms with E-state index in [0.29, 0.717) is 10.9 Å². The summed E-state index contributed by atoms with van der Waals surface area (Å²) in [7, 11) is 0. The number of ether oxygens (including phenoxy) is 1. The molecule has 1 aromatic heterocycles. The van der Waals surface area contributed by atoms with Crippen LogP contribution in [0.25, 0.3) is 5.69 Å². The Morgan fingerprint density at radius 2 is 1.88 bits per heavy atom. The van der Waals surface area contributed by atoms with Crippen molar-refractivity contribution in [2.45, 2.75) is 11.3 Å². The average molecular weight is 346 g/mol. The fourth-order valence-electron chi connectivity index (χ4n) is 1.97. The monoisotopic (exact) mass is 346 g/mol. The van der Waals surface area contributed by atoms with Crippen LogP contribution in [0.5, 0.6) is 5.75 Å². The Labute approximate surface area is 142 Å². The fourth-order valence-corrected chi connectivity index (χ4v) is 2.76. The number of aromatic nitrogens is 4. The zero-order chi connectivity index (χ0) is 16.8. The first-order valence-electron chi connectivity index (χ1n) is 7.26. The lowest BCUT2D eigenvalue weighted by atomic mass is 10.3. The van der Waals surface area contributed by atoms with Gasteiger partial charge in [0.05, 0.1) is 11.8 Å². The number of thioether (sulfide) groups is 1. The van der Waals surface area contributed by atoms with E-state index < -0.39 is 11.9 Å². The Bertz CT molecular complexity index is 785. The van der Waals surface area contributed by atoms with Gasteiger partial charge in [0, 0.05) is 5.75 Å². The van der Waals surface area contributed by atoms with E-state index in [0.717, 1.165) is 5.69 Å². The molecule has 0 bridgehead atoms. The van der Waals surface area contributed by atoms with Gasteiger partial charge in [0.25, 0.3) is 0 Å². The van der Waals surface area contributed by atoms with Crippen LogP contribution in [0.2, 0.25) is 0 Å². The molecule has 0 unspecified atom stereocenters. The molecular weight excluding hydrogens is 331 g/mol. The summed E-state index contributed by atoms with van der Waals surface area (Å²) in [4.78, 5) is 0. The quantitative estimate of drug-likeness (QED) is 0.662. The van der Waals surface area contributed by atoms with E-state index in [-0.39, 0.29) is 12.4 Å². The largest absolute Gasteiger partial charge is 0.488 e. The molecule has 0 radical (unpaired) electrons. The molecule has 1 atom stereocenters. The van der Waals surface area contributed by atoms with Gasteiger partial charge >= 0.3 is 0 Å². The summed E-state index contributed by atoms with van der Waals surface area (Å²) >= 11 is 1.30. The molecule has 3 rings (SSSR count). The average Bonchev–Trinajstić information content (AvgIpc) is 3.08. The topological polar surface area (TPSA) is 73.1 Å². The summed E-state index contributed by atoms with van der Waals surface area (Å²) in [5.41, 5.74) is 0.835. The summed E-state index contributed by atoms with van der Waals surface area (Å²) in [5, 5.41) is 22.1. The molecule has 6 nitrogen and oxygen atoms in total. The second-order valence-corrected chi connectivity index (χ2v) is 5.90. The normalized spacial score (nSPS) is 12.1. The van der Waals surface area contributed by atoms with E-state index in [2.05, 4.69) is 15.5 Å². The fraction of sp³-hybridized carbons (Fsp3) is 0.188. The van der Waals surface area contributed by atoms with Crippen LogP contribution in [-0.2, 0) is 0 Å². The van der Waals surface area contributed by atoms with Crippen molar-refractivity contribution in [2.24, 2.45) is 0 Å². The summed E-state index contributed by atoms with van der Waals surface area (Å²) in [6.45, 7) is -0.0131. The van der Waals surface area contributed by atoms with Gasteiger partial charge in [0.15, 0.2) is 11.6 Å². The number of nitrogens with zero attached hydrogens (tertiary/aromatic N) is 4. The van der Waals surface area contributed by atoms with Gasteiger partial charge in [0.1, 0.15) is 6.61 Å². The lowest BCUT2D eigenvalue weighted by Crippen LogP contribution is -2.20. The Balaban J connectivity index is 1.55. The highest BCUT2D eigenvalue weighted by molar-refractivity contribution is 7.99. The summed E-state index contributed by atoms with van der Waals surface area (Å²) in [6.07, 6.45) is -0.782. The molecule has 3 aromatic rings. The molecule has 0 fully saturated rings. The van der Waals surface area contributed by atoms with Crippen LogP contribution in [0.3, 0.4) is 0 Å². The molecule has 2 aromatic carbocycles. The molecule has 0 aliphatic carbocycles. The van der Waals surface area contributed by atoms with Crippen molar-refractivity contribution >= 4 is 11.8 Å². The molecule has 0 spiro atoms. The standard InChI is InChI=1S/C16H15FN4O2S/c17-14-8-4-5-9-15(14)23-10-13(22)11-24-16-18-19-20-21(16)12-6-2-1-3-7-12/h1-9,13,22H,10-11H2/t13-/m0/s1. The van der Waals surface area contributed by atoms with E-state index in [9.17, 15) is 9.50 Å². The molecular formula is C16H15FN4O2S. The summed E-state index contributed by atoms with van der Waals surface area (Å²) in [6, 6.07) is 15.5. The van der Waals surface area contributed by atoms with Gasteiger partial charge in [-0.3, -0.25) is 0 Å². The minimum absolute atomic E-state index is 0.0131. The van der Waals surface area contributed by atoms with Crippen LogP contribution in [0, 0.1) is 5.82 Å². The smallest absolute Gasteiger partial charge is 0.214 e. The van der Waals surface area contributed by atoms with Crippen LogP contribution in [0.15, 0.2) is 59.8 Å². The maximum absolute atomic E-state index is 13.4. The van der Waals surface area contributed by atoms with Crippen LogP contribution < -0.4 is 4.74 Å². The van der Waals surface area contributed by atoms with Crippen molar-refractivity contribution in [1.82, 2.24) is 20.2 Å². The van der Waals surface area contributed by atoms with E-state index in [1.54, 1.807) is 16.8 Å². The van der Waals surface area contributed by atoms with Crippen molar-refractivity contribution in [2.75, 3.05) is 12.4 Å². The number of para-hydroxylation sites is 2. The van der Waals surface area contributed by atoms with Crippen molar-refractivity contribution in [3.05, 3.63) is 60.4 Å². The highest BCUT2D eigenvalue weighted by atomic mass is 32.2. The summed E-state index contributed by atoms with van der Waals surface area (Å²) < 4.78 is 20.3. The van der Waals surface area contributed by atoms with E-state index >= 15 is 0 Å².